The van der Waals surface area contributed by atoms with Gasteiger partial charge in [0.25, 0.3) is 0 Å². The summed E-state index contributed by atoms with van der Waals surface area (Å²) in [6.45, 7) is 1.67. The molecule has 0 radical (unpaired) electrons. The number of fused-ring (bicyclic) bond motifs is 1. The average Bonchev–Trinajstić information content (AvgIpc) is 2.93. The zero-order chi connectivity index (χ0) is 11.9. The molecule has 17 heavy (non-hydrogen) atoms. The van der Waals surface area contributed by atoms with Crippen LogP contribution in [0.1, 0.15) is 0 Å². The SMILES string of the molecule is [SeH][Se]C1=NCCO1.c1ccc2ncccc2c1. The van der Waals surface area contributed by atoms with E-state index in [4.69, 9.17) is 4.74 Å². The van der Waals surface area contributed by atoms with Gasteiger partial charge in [0.05, 0.1) is 5.52 Å². The molecule has 0 bridgehead atoms. The molecule has 0 saturated heterocycles. The van der Waals surface area contributed by atoms with Crippen molar-refractivity contribution in [3.05, 3.63) is 42.6 Å². The van der Waals surface area contributed by atoms with Crippen LogP contribution in [0.4, 0.5) is 0 Å². The third-order valence-electron chi connectivity index (χ3n) is 2.15. The van der Waals surface area contributed by atoms with Gasteiger partial charge in [0, 0.05) is 11.6 Å². The number of rotatable bonds is 1. The zero-order valence-corrected chi connectivity index (χ0v) is 12.7. The molecule has 0 unspecified atom stereocenters. The van der Waals surface area contributed by atoms with Gasteiger partial charge in [-0.05, 0) is 12.1 Å². The predicted molar refractivity (Wildman–Crippen MR) is 72.9 cm³/mol. The van der Waals surface area contributed by atoms with Gasteiger partial charge in [-0.1, -0.05) is 24.3 Å². The van der Waals surface area contributed by atoms with Gasteiger partial charge in [-0.25, -0.2) is 0 Å². The summed E-state index contributed by atoms with van der Waals surface area (Å²) in [7, 11) is 0. The first-order valence-electron chi connectivity index (χ1n) is 5.18. The van der Waals surface area contributed by atoms with Gasteiger partial charge < -0.3 is 0 Å². The Morgan fingerprint density at radius 1 is 1.18 bits per heavy atom. The van der Waals surface area contributed by atoms with Crippen molar-refractivity contribution >= 4 is 43.0 Å². The number of para-hydroxylation sites is 1. The molecular formula is C12H12N2OSe2. The average molecular weight is 358 g/mol. The normalized spacial score (nSPS) is 13.6. The number of nitrogens with zero attached hydrogens (tertiary/aromatic N) is 2. The molecule has 2 aromatic rings. The summed E-state index contributed by atoms with van der Waals surface area (Å²) in [6.07, 6.45) is 1.81. The molecule has 88 valence electrons. The molecule has 0 amide bonds. The molecule has 1 aromatic carbocycles. The Balaban J connectivity index is 0.000000136. The van der Waals surface area contributed by atoms with E-state index in [-0.39, 0.29) is 0 Å². The first kappa shape index (κ1) is 12.6. The van der Waals surface area contributed by atoms with Crippen molar-refractivity contribution in [3.63, 3.8) is 0 Å². The van der Waals surface area contributed by atoms with Crippen LogP contribution in [0.5, 0.6) is 0 Å². The van der Waals surface area contributed by atoms with Gasteiger partial charge >= 0.3 is 55.0 Å². The van der Waals surface area contributed by atoms with E-state index in [2.05, 4.69) is 36.3 Å². The van der Waals surface area contributed by atoms with Crippen LogP contribution in [0.3, 0.4) is 0 Å². The van der Waals surface area contributed by atoms with Crippen molar-refractivity contribution in [3.8, 4) is 0 Å². The van der Waals surface area contributed by atoms with Gasteiger partial charge in [0.15, 0.2) is 0 Å². The fourth-order valence-electron chi connectivity index (χ4n) is 1.39. The van der Waals surface area contributed by atoms with Crippen LogP contribution < -0.4 is 0 Å². The molecule has 3 rings (SSSR count). The number of benzene rings is 1. The van der Waals surface area contributed by atoms with Gasteiger partial charge in [-0.15, -0.1) is 0 Å². The maximum absolute atomic E-state index is 5.06. The van der Waals surface area contributed by atoms with Gasteiger partial charge in [0.2, 0.25) is 0 Å². The van der Waals surface area contributed by atoms with Gasteiger partial charge in [0.1, 0.15) is 0 Å². The molecule has 0 spiro atoms. The molecule has 0 N–H and O–H groups in total. The Morgan fingerprint density at radius 3 is 2.65 bits per heavy atom. The molecular weight excluding hydrogens is 346 g/mol. The van der Waals surface area contributed by atoms with Crippen molar-refractivity contribution in [2.24, 2.45) is 4.99 Å². The summed E-state index contributed by atoms with van der Waals surface area (Å²) in [5.74, 6) is 0. The first-order chi connectivity index (χ1) is 8.40. The van der Waals surface area contributed by atoms with E-state index < -0.39 is 0 Å². The van der Waals surface area contributed by atoms with E-state index >= 15 is 0 Å². The third-order valence-corrected chi connectivity index (χ3v) is 4.70. The number of hydrogen-bond donors (Lipinski definition) is 0. The second-order valence-electron chi connectivity index (χ2n) is 3.28. The summed E-state index contributed by atoms with van der Waals surface area (Å²) in [6, 6.07) is 12.1. The van der Waals surface area contributed by atoms with E-state index in [1.807, 2.05) is 30.5 Å². The summed E-state index contributed by atoms with van der Waals surface area (Å²) >= 11 is 2.92. The van der Waals surface area contributed by atoms with E-state index in [1.165, 1.54) is 5.39 Å². The van der Waals surface area contributed by atoms with Crippen molar-refractivity contribution < 1.29 is 4.74 Å². The van der Waals surface area contributed by atoms with Crippen LogP contribution in [0.2, 0.25) is 0 Å². The zero-order valence-electron chi connectivity index (χ0n) is 9.11. The second-order valence-corrected chi connectivity index (χ2v) is 6.39. The van der Waals surface area contributed by atoms with Gasteiger partial charge in [-0.3, -0.25) is 4.98 Å². The third kappa shape index (κ3) is 3.83. The monoisotopic (exact) mass is 360 g/mol. The Hall–Kier alpha value is -0.861. The molecule has 5 heteroatoms. The molecule has 1 aromatic heterocycles. The maximum atomic E-state index is 5.06. The predicted octanol–water partition coefficient (Wildman–Crippen LogP) is 1.13. The summed E-state index contributed by atoms with van der Waals surface area (Å²) in [5.41, 5.74) is 1.06. The second kappa shape index (κ2) is 6.77. The molecule has 0 fully saturated rings. The van der Waals surface area contributed by atoms with Crippen molar-refractivity contribution in [1.82, 2.24) is 4.98 Å². The largest absolute Gasteiger partial charge is 0.256 e. The first-order valence-corrected chi connectivity index (χ1v) is 10.8. The summed E-state index contributed by atoms with van der Waals surface area (Å²) in [4.78, 5) is 9.19. The number of pyridine rings is 1. The van der Waals surface area contributed by atoms with Crippen LogP contribution in [0.25, 0.3) is 10.9 Å². The molecule has 0 aliphatic carbocycles. The van der Waals surface area contributed by atoms with Crippen molar-refractivity contribution in [1.29, 1.82) is 0 Å². The molecule has 1 aliphatic rings. The molecule has 0 saturated carbocycles. The van der Waals surface area contributed by atoms with Crippen LogP contribution in [-0.4, -0.2) is 50.3 Å². The van der Waals surface area contributed by atoms with Crippen molar-refractivity contribution in [2.45, 2.75) is 0 Å². The van der Waals surface area contributed by atoms with E-state index in [1.54, 1.807) is 0 Å². The summed E-state index contributed by atoms with van der Waals surface area (Å²) in [5, 5.41) is 1.20. The van der Waals surface area contributed by atoms with Crippen LogP contribution in [-0.2, 0) is 4.74 Å². The van der Waals surface area contributed by atoms with Crippen LogP contribution >= 0.6 is 0 Å². The van der Waals surface area contributed by atoms with Gasteiger partial charge in [-0.2, -0.15) is 0 Å². The summed E-state index contributed by atoms with van der Waals surface area (Å²) < 4.78 is 5.06. The van der Waals surface area contributed by atoms with Crippen LogP contribution in [0, 0.1) is 0 Å². The number of aliphatic imine (C=N–C) groups is 1. The Bertz CT molecular complexity index is 451. The smallest absolute Gasteiger partial charge is 0.0701 e. The molecule has 0 atom stereocenters. The maximum Gasteiger partial charge on any atom is 0.0701 e. The number of aromatic nitrogens is 1. The fourth-order valence-corrected chi connectivity index (χ4v) is 3.19. The number of hydrogen-bond acceptors (Lipinski definition) is 3. The van der Waals surface area contributed by atoms with Crippen molar-refractivity contribution in [2.75, 3.05) is 13.2 Å². The quantitative estimate of drug-likeness (QED) is 0.717. The minimum atomic E-state index is 0.420. The minimum absolute atomic E-state index is 0.420. The topological polar surface area (TPSA) is 34.5 Å². The Morgan fingerprint density at radius 2 is 2.00 bits per heavy atom. The van der Waals surface area contributed by atoms with E-state index in [0.29, 0.717) is 13.1 Å². The van der Waals surface area contributed by atoms with E-state index in [0.717, 1.165) is 23.5 Å². The Labute approximate surface area is 113 Å². The molecule has 2 heterocycles. The molecule has 1 aliphatic heterocycles. The number of ether oxygens (including phenoxy) is 1. The fraction of sp³-hybridized carbons (Fsp3) is 0.167. The van der Waals surface area contributed by atoms with E-state index in [9.17, 15) is 0 Å². The minimum Gasteiger partial charge on any atom is -0.256 e. The van der Waals surface area contributed by atoms with Crippen LogP contribution in [0.15, 0.2) is 47.6 Å². The molecule has 3 nitrogen and oxygen atoms in total. The Kier molecular flexibility index (Phi) is 5.02. The standard InChI is InChI=1S/C9H7N.C3H5NOSe2/c1-2-6-9-8(4-1)5-3-7-10-9;6-7-3-4-1-2-5-3/h1-7H;6H,1-2H2.